The third kappa shape index (κ3) is 1.56. The molecule has 3 nitrogen and oxygen atoms in total. The van der Waals surface area contributed by atoms with Crippen LogP contribution in [0.4, 0.5) is 0 Å². The largest absolute Gasteiger partial charge is 0.481 e. The van der Waals surface area contributed by atoms with Gasteiger partial charge in [-0.1, -0.05) is 0 Å². The lowest BCUT2D eigenvalue weighted by molar-refractivity contribution is -0.141. The number of aliphatic carboxylic acids is 1. The first kappa shape index (κ1) is 7.25. The highest BCUT2D eigenvalue weighted by atomic mass is 16.4. The van der Waals surface area contributed by atoms with Gasteiger partial charge in [-0.25, -0.2) is 0 Å². The number of carboxylic acid groups (broad SMARTS) is 1. The Morgan fingerprint density at radius 3 is 2.90 bits per heavy atom. The third-order valence-corrected chi connectivity index (χ3v) is 1.79. The zero-order chi connectivity index (χ0) is 7.56. The molecule has 1 aliphatic rings. The van der Waals surface area contributed by atoms with E-state index in [4.69, 9.17) is 5.11 Å². The summed E-state index contributed by atoms with van der Waals surface area (Å²) in [5.74, 6) is -0.944. The Morgan fingerprint density at radius 1 is 1.80 bits per heavy atom. The Bertz CT molecular complexity index is 174. The summed E-state index contributed by atoms with van der Waals surface area (Å²) in [5, 5.41) is 8.56. The maximum Gasteiger partial charge on any atom is 0.308 e. The van der Waals surface area contributed by atoms with Crippen LogP contribution in [0.5, 0.6) is 0 Å². The van der Waals surface area contributed by atoms with Crippen LogP contribution in [0.2, 0.25) is 0 Å². The Kier molecular flexibility index (Phi) is 2.04. The summed E-state index contributed by atoms with van der Waals surface area (Å²) in [7, 11) is 0. The number of carboxylic acids is 1. The van der Waals surface area contributed by atoms with E-state index < -0.39 is 5.97 Å². The van der Waals surface area contributed by atoms with E-state index in [0.29, 0.717) is 6.54 Å². The van der Waals surface area contributed by atoms with Crippen molar-refractivity contribution in [2.75, 3.05) is 6.54 Å². The molecule has 56 valence electrons. The number of nitrogens with zero attached hydrogens (tertiary/aromatic N) is 1. The van der Waals surface area contributed by atoms with Gasteiger partial charge < -0.3 is 5.11 Å². The summed E-state index contributed by atoms with van der Waals surface area (Å²) < 4.78 is 0. The normalized spacial score (nSPS) is 25.7. The molecule has 3 heteroatoms. The average Bonchev–Trinajstić information content (AvgIpc) is 1.88. The standard InChI is InChI=1S/C7H11NO2/c1-5-2-3-6(4-8-5)7(9)10/h6H,2-4H2,1H3,(H,9,10)/t6-/m0/s1. The Morgan fingerprint density at radius 2 is 2.50 bits per heavy atom. The zero-order valence-electron chi connectivity index (χ0n) is 6.00. The quantitative estimate of drug-likeness (QED) is 0.590. The molecule has 0 aliphatic carbocycles. The van der Waals surface area contributed by atoms with E-state index in [2.05, 4.69) is 4.99 Å². The number of rotatable bonds is 1. The van der Waals surface area contributed by atoms with Gasteiger partial charge >= 0.3 is 5.97 Å². The molecular weight excluding hydrogens is 130 g/mol. The molecule has 0 aromatic heterocycles. The molecule has 10 heavy (non-hydrogen) atoms. The van der Waals surface area contributed by atoms with E-state index in [-0.39, 0.29) is 5.92 Å². The Balaban J connectivity index is 2.50. The first-order valence-electron chi connectivity index (χ1n) is 3.43. The van der Waals surface area contributed by atoms with Crippen molar-refractivity contribution >= 4 is 11.7 Å². The molecule has 0 aromatic carbocycles. The molecule has 0 fully saturated rings. The summed E-state index contributed by atoms with van der Waals surface area (Å²) in [6.45, 7) is 2.42. The molecule has 1 atom stereocenters. The monoisotopic (exact) mass is 141 g/mol. The van der Waals surface area contributed by atoms with Gasteiger partial charge in [0.25, 0.3) is 0 Å². The van der Waals surface area contributed by atoms with Gasteiger partial charge in [0.15, 0.2) is 0 Å². The summed E-state index contributed by atoms with van der Waals surface area (Å²) in [6, 6.07) is 0. The fourth-order valence-corrected chi connectivity index (χ4v) is 1.02. The van der Waals surface area contributed by atoms with Crippen LogP contribution in [0.3, 0.4) is 0 Å². The minimum atomic E-state index is -0.712. The number of carbonyl (C=O) groups is 1. The summed E-state index contributed by atoms with van der Waals surface area (Å²) >= 11 is 0. The van der Waals surface area contributed by atoms with Crippen LogP contribution < -0.4 is 0 Å². The fraction of sp³-hybridized carbons (Fsp3) is 0.714. The van der Waals surface area contributed by atoms with Crippen LogP contribution in [0.1, 0.15) is 19.8 Å². The predicted octanol–water partition coefficient (Wildman–Crippen LogP) is 0.942. The molecule has 1 aliphatic heterocycles. The van der Waals surface area contributed by atoms with Crippen LogP contribution in [0.15, 0.2) is 4.99 Å². The second-order valence-electron chi connectivity index (χ2n) is 2.65. The number of hydrogen-bond donors (Lipinski definition) is 1. The highest BCUT2D eigenvalue weighted by molar-refractivity contribution is 5.84. The Hall–Kier alpha value is -0.860. The van der Waals surface area contributed by atoms with Gasteiger partial charge in [-0.3, -0.25) is 9.79 Å². The molecule has 0 aromatic rings. The van der Waals surface area contributed by atoms with Gasteiger partial charge in [0.1, 0.15) is 0 Å². The molecule has 0 saturated heterocycles. The van der Waals surface area contributed by atoms with E-state index >= 15 is 0 Å². The van der Waals surface area contributed by atoms with Crippen molar-refractivity contribution in [3.63, 3.8) is 0 Å². The second-order valence-corrected chi connectivity index (χ2v) is 2.65. The molecule has 0 saturated carbocycles. The molecule has 0 radical (unpaired) electrons. The molecule has 0 spiro atoms. The molecule has 0 amide bonds. The summed E-state index contributed by atoms with van der Waals surface area (Å²) in [4.78, 5) is 14.5. The van der Waals surface area contributed by atoms with E-state index in [1.807, 2.05) is 6.92 Å². The van der Waals surface area contributed by atoms with Gasteiger partial charge in [-0.15, -0.1) is 0 Å². The lowest BCUT2D eigenvalue weighted by atomic mass is 9.99. The topological polar surface area (TPSA) is 49.7 Å². The Labute approximate surface area is 59.8 Å². The molecule has 0 unspecified atom stereocenters. The van der Waals surface area contributed by atoms with E-state index in [0.717, 1.165) is 18.6 Å². The first-order valence-corrected chi connectivity index (χ1v) is 3.43. The maximum absolute atomic E-state index is 10.4. The van der Waals surface area contributed by atoms with Gasteiger partial charge in [-0.2, -0.15) is 0 Å². The second kappa shape index (κ2) is 2.82. The maximum atomic E-state index is 10.4. The third-order valence-electron chi connectivity index (χ3n) is 1.79. The zero-order valence-corrected chi connectivity index (χ0v) is 6.00. The van der Waals surface area contributed by atoms with Gasteiger partial charge in [0.05, 0.1) is 12.5 Å². The molecular formula is C7H11NO2. The van der Waals surface area contributed by atoms with E-state index in [9.17, 15) is 4.79 Å². The average molecular weight is 141 g/mol. The molecule has 0 bridgehead atoms. The van der Waals surface area contributed by atoms with Gasteiger partial charge in [0, 0.05) is 5.71 Å². The number of hydrogen-bond acceptors (Lipinski definition) is 2. The van der Waals surface area contributed by atoms with Crippen LogP contribution in [-0.4, -0.2) is 23.3 Å². The van der Waals surface area contributed by atoms with E-state index in [1.54, 1.807) is 0 Å². The van der Waals surface area contributed by atoms with Crippen molar-refractivity contribution in [3.05, 3.63) is 0 Å². The van der Waals surface area contributed by atoms with Crippen molar-refractivity contribution < 1.29 is 9.90 Å². The fourth-order valence-electron chi connectivity index (χ4n) is 1.02. The highest BCUT2D eigenvalue weighted by Gasteiger charge is 2.19. The minimum Gasteiger partial charge on any atom is -0.481 e. The highest BCUT2D eigenvalue weighted by Crippen LogP contribution is 2.13. The van der Waals surface area contributed by atoms with Gasteiger partial charge in [-0.05, 0) is 19.8 Å². The van der Waals surface area contributed by atoms with Crippen molar-refractivity contribution in [2.45, 2.75) is 19.8 Å². The lowest BCUT2D eigenvalue weighted by Crippen LogP contribution is -2.21. The molecule has 1 N–H and O–H groups in total. The van der Waals surface area contributed by atoms with Crippen LogP contribution in [0, 0.1) is 5.92 Å². The smallest absolute Gasteiger partial charge is 0.308 e. The van der Waals surface area contributed by atoms with Crippen molar-refractivity contribution in [1.29, 1.82) is 0 Å². The van der Waals surface area contributed by atoms with Crippen LogP contribution in [-0.2, 0) is 4.79 Å². The first-order chi connectivity index (χ1) is 4.70. The molecule has 1 rings (SSSR count). The van der Waals surface area contributed by atoms with Crippen molar-refractivity contribution in [2.24, 2.45) is 10.9 Å². The summed E-state index contributed by atoms with van der Waals surface area (Å²) in [5.41, 5.74) is 1.08. The minimum absolute atomic E-state index is 0.233. The van der Waals surface area contributed by atoms with Crippen LogP contribution >= 0.6 is 0 Å². The van der Waals surface area contributed by atoms with Crippen molar-refractivity contribution in [3.8, 4) is 0 Å². The molecule has 1 heterocycles. The number of aliphatic imine (C=N–C) groups is 1. The SMILES string of the molecule is CC1=NC[C@@H](C(=O)O)CC1. The summed E-state index contributed by atoms with van der Waals surface area (Å²) in [6.07, 6.45) is 1.60. The predicted molar refractivity (Wildman–Crippen MR) is 38.3 cm³/mol. The van der Waals surface area contributed by atoms with Crippen molar-refractivity contribution in [1.82, 2.24) is 0 Å². The lowest BCUT2D eigenvalue weighted by Gasteiger charge is -2.14. The van der Waals surface area contributed by atoms with Gasteiger partial charge in [0.2, 0.25) is 0 Å². The van der Waals surface area contributed by atoms with Crippen LogP contribution in [0.25, 0.3) is 0 Å². The van der Waals surface area contributed by atoms with E-state index in [1.165, 1.54) is 0 Å².